The van der Waals surface area contributed by atoms with Gasteiger partial charge in [0.05, 0.1) is 19.1 Å². The minimum Gasteiger partial charge on any atom is -0.383 e. The summed E-state index contributed by atoms with van der Waals surface area (Å²) in [5.41, 5.74) is 0. The Kier molecular flexibility index (Phi) is 4.35. The Balaban J connectivity index is 1.95. The van der Waals surface area contributed by atoms with Crippen LogP contribution in [0.25, 0.3) is 0 Å². The molecule has 0 aromatic heterocycles. The third-order valence-corrected chi connectivity index (χ3v) is 3.78. The van der Waals surface area contributed by atoms with Crippen molar-refractivity contribution in [3.8, 4) is 0 Å². The normalized spacial score (nSPS) is 27.2. The molecule has 2 amide bonds. The Morgan fingerprint density at radius 1 is 1.39 bits per heavy atom. The highest BCUT2D eigenvalue weighted by molar-refractivity contribution is 6.05. The number of imide groups is 1. The van der Waals surface area contributed by atoms with Gasteiger partial charge in [0, 0.05) is 19.2 Å². The highest BCUT2D eigenvalue weighted by Crippen LogP contribution is 2.28. The van der Waals surface area contributed by atoms with E-state index in [-0.39, 0.29) is 29.9 Å². The zero-order valence-electron chi connectivity index (χ0n) is 11.1. The second kappa shape index (κ2) is 5.80. The van der Waals surface area contributed by atoms with Gasteiger partial charge in [-0.1, -0.05) is 12.8 Å². The van der Waals surface area contributed by atoms with Crippen LogP contribution < -0.4 is 5.32 Å². The average Bonchev–Trinajstić information content (AvgIpc) is 2.89. The second-order valence-corrected chi connectivity index (χ2v) is 5.32. The first-order valence-electron chi connectivity index (χ1n) is 6.74. The number of amides is 2. The van der Waals surface area contributed by atoms with Gasteiger partial charge in [-0.05, 0) is 19.8 Å². The van der Waals surface area contributed by atoms with Crippen molar-refractivity contribution in [2.45, 2.75) is 57.2 Å². The van der Waals surface area contributed by atoms with Crippen molar-refractivity contribution in [1.29, 1.82) is 0 Å². The van der Waals surface area contributed by atoms with Crippen molar-refractivity contribution >= 4 is 11.8 Å². The lowest BCUT2D eigenvalue weighted by Gasteiger charge is -2.23. The lowest BCUT2D eigenvalue weighted by molar-refractivity contribution is -0.141. The Hall–Kier alpha value is -0.940. The summed E-state index contributed by atoms with van der Waals surface area (Å²) in [4.78, 5) is 25.7. The third-order valence-electron chi connectivity index (χ3n) is 3.78. The van der Waals surface area contributed by atoms with Crippen LogP contribution in [0, 0.1) is 0 Å². The second-order valence-electron chi connectivity index (χ2n) is 5.32. The molecule has 0 spiro atoms. The van der Waals surface area contributed by atoms with Gasteiger partial charge < -0.3 is 10.1 Å². The van der Waals surface area contributed by atoms with Crippen molar-refractivity contribution in [1.82, 2.24) is 10.2 Å². The van der Waals surface area contributed by atoms with Crippen molar-refractivity contribution in [3.05, 3.63) is 0 Å². The molecule has 1 saturated carbocycles. The largest absolute Gasteiger partial charge is 0.383 e. The molecule has 0 radical (unpaired) electrons. The van der Waals surface area contributed by atoms with Gasteiger partial charge in [0.2, 0.25) is 11.8 Å². The van der Waals surface area contributed by atoms with Crippen molar-refractivity contribution in [2.24, 2.45) is 0 Å². The van der Waals surface area contributed by atoms with E-state index in [1.54, 1.807) is 7.11 Å². The molecule has 0 bridgehead atoms. The molecule has 0 aromatic rings. The maximum absolute atomic E-state index is 12.2. The van der Waals surface area contributed by atoms with Crippen LogP contribution in [0.1, 0.15) is 39.0 Å². The fraction of sp³-hybridized carbons (Fsp3) is 0.846. The number of carbonyl (C=O) groups excluding carboxylic acids is 2. The Bertz CT molecular complexity index is 326. The predicted molar refractivity (Wildman–Crippen MR) is 67.0 cm³/mol. The molecule has 2 fully saturated rings. The summed E-state index contributed by atoms with van der Waals surface area (Å²) in [5, 5.41) is 3.18. The predicted octanol–water partition coefficient (Wildman–Crippen LogP) is 0.681. The number of nitrogens with one attached hydrogen (secondary N) is 1. The van der Waals surface area contributed by atoms with Gasteiger partial charge in [-0.15, -0.1) is 0 Å². The molecule has 1 heterocycles. The molecule has 5 heteroatoms. The maximum atomic E-state index is 12.2. The fourth-order valence-corrected chi connectivity index (χ4v) is 2.97. The summed E-state index contributed by atoms with van der Waals surface area (Å²) < 4.78 is 5.03. The molecule has 5 nitrogen and oxygen atoms in total. The number of hydrogen-bond donors (Lipinski definition) is 1. The topological polar surface area (TPSA) is 58.6 Å². The Morgan fingerprint density at radius 2 is 2.06 bits per heavy atom. The molecule has 1 saturated heterocycles. The van der Waals surface area contributed by atoms with E-state index in [0.717, 1.165) is 25.7 Å². The van der Waals surface area contributed by atoms with Gasteiger partial charge in [-0.25, -0.2) is 0 Å². The zero-order valence-corrected chi connectivity index (χ0v) is 11.1. The molecule has 2 atom stereocenters. The van der Waals surface area contributed by atoms with Crippen LogP contribution in [-0.2, 0) is 14.3 Å². The van der Waals surface area contributed by atoms with E-state index < -0.39 is 0 Å². The van der Waals surface area contributed by atoms with Crippen molar-refractivity contribution < 1.29 is 14.3 Å². The molecule has 0 aromatic carbocycles. The Morgan fingerprint density at radius 3 is 2.67 bits per heavy atom. The summed E-state index contributed by atoms with van der Waals surface area (Å²) >= 11 is 0. The molecule has 2 unspecified atom stereocenters. The maximum Gasteiger partial charge on any atom is 0.247 e. The number of hydrogen-bond acceptors (Lipinski definition) is 4. The highest BCUT2D eigenvalue weighted by atomic mass is 16.5. The summed E-state index contributed by atoms with van der Waals surface area (Å²) in [6.07, 6.45) is 4.48. The third kappa shape index (κ3) is 2.72. The molecule has 2 rings (SSSR count). The van der Waals surface area contributed by atoms with Crippen LogP contribution in [0.4, 0.5) is 0 Å². The van der Waals surface area contributed by atoms with Crippen LogP contribution in [-0.4, -0.2) is 48.6 Å². The van der Waals surface area contributed by atoms with E-state index in [0.29, 0.717) is 13.0 Å². The average molecular weight is 254 g/mol. The molecule has 18 heavy (non-hydrogen) atoms. The van der Waals surface area contributed by atoms with E-state index in [1.807, 2.05) is 6.92 Å². The summed E-state index contributed by atoms with van der Waals surface area (Å²) in [5.74, 6) is -0.0659. The minimum absolute atomic E-state index is 0.0194. The van der Waals surface area contributed by atoms with Crippen LogP contribution in [0.15, 0.2) is 0 Å². The fourth-order valence-electron chi connectivity index (χ4n) is 2.97. The monoisotopic (exact) mass is 254 g/mol. The number of nitrogens with zero attached hydrogens (tertiary/aromatic N) is 1. The van der Waals surface area contributed by atoms with Gasteiger partial charge in [0.1, 0.15) is 0 Å². The van der Waals surface area contributed by atoms with Crippen LogP contribution in [0.5, 0.6) is 0 Å². The first kappa shape index (κ1) is 13.5. The first-order chi connectivity index (χ1) is 8.63. The van der Waals surface area contributed by atoms with Gasteiger partial charge in [-0.2, -0.15) is 0 Å². The lowest BCUT2D eigenvalue weighted by Crippen LogP contribution is -2.46. The van der Waals surface area contributed by atoms with Crippen LogP contribution in [0.2, 0.25) is 0 Å². The number of ether oxygens (including phenoxy) is 1. The summed E-state index contributed by atoms with van der Waals surface area (Å²) in [6.45, 7) is 2.50. The number of rotatable bonds is 5. The van der Waals surface area contributed by atoms with E-state index >= 15 is 0 Å². The van der Waals surface area contributed by atoms with E-state index in [9.17, 15) is 9.59 Å². The SMILES string of the molecule is COCC(C)NC1CC(=O)N(C2CCCC2)C1=O. The highest BCUT2D eigenvalue weighted by Gasteiger charge is 2.43. The summed E-state index contributed by atoms with van der Waals surface area (Å²) in [7, 11) is 1.63. The van der Waals surface area contributed by atoms with Gasteiger partial charge in [-0.3, -0.25) is 14.5 Å². The molecule has 1 N–H and O–H groups in total. The molecule has 2 aliphatic rings. The molecule has 1 aliphatic heterocycles. The van der Waals surface area contributed by atoms with Gasteiger partial charge in [0.25, 0.3) is 0 Å². The smallest absolute Gasteiger partial charge is 0.247 e. The number of carbonyl (C=O) groups is 2. The van der Waals surface area contributed by atoms with Gasteiger partial charge in [0.15, 0.2) is 0 Å². The van der Waals surface area contributed by atoms with Crippen LogP contribution >= 0.6 is 0 Å². The standard InChI is InChI=1S/C13H22N2O3/c1-9(8-18-2)14-11-7-12(16)15(13(11)17)10-5-3-4-6-10/h9-11,14H,3-8H2,1-2H3. The lowest BCUT2D eigenvalue weighted by atomic mass is 10.2. The zero-order chi connectivity index (χ0) is 13.1. The van der Waals surface area contributed by atoms with E-state index in [4.69, 9.17) is 4.74 Å². The number of likely N-dealkylation sites (tertiary alicyclic amines) is 1. The molecule has 102 valence electrons. The van der Waals surface area contributed by atoms with Crippen molar-refractivity contribution in [3.63, 3.8) is 0 Å². The molecular weight excluding hydrogens is 232 g/mol. The molecule has 1 aliphatic carbocycles. The molecular formula is C13H22N2O3. The van der Waals surface area contributed by atoms with E-state index in [1.165, 1.54) is 4.90 Å². The quantitative estimate of drug-likeness (QED) is 0.733. The van der Waals surface area contributed by atoms with Gasteiger partial charge >= 0.3 is 0 Å². The minimum atomic E-state index is -0.358. The van der Waals surface area contributed by atoms with Crippen LogP contribution in [0.3, 0.4) is 0 Å². The Labute approximate surface area is 108 Å². The van der Waals surface area contributed by atoms with E-state index in [2.05, 4.69) is 5.32 Å². The first-order valence-corrected chi connectivity index (χ1v) is 6.74. The van der Waals surface area contributed by atoms with Crippen molar-refractivity contribution in [2.75, 3.05) is 13.7 Å². The summed E-state index contributed by atoms with van der Waals surface area (Å²) in [6, 6.07) is -0.127. The number of methoxy groups -OCH3 is 1.